The van der Waals surface area contributed by atoms with Crippen LogP contribution < -0.4 is 0 Å². The number of nitrogens with zero attached hydrogens (tertiary/aromatic N) is 1. The number of aliphatic hydroxyl groups is 1. The van der Waals surface area contributed by atoms with Crippen molar-refractivity contribution in [3.05, 3.63) is 0 Å². The van der Waals surface area contributed by atoms with Gasteiger partial charge in [-0.15, -0.1) is 0 Å². The van der Waals surface area contributed by atoms with E-state index < -0.39 is 9.84 Å². The van der Waals surface area contributed by atoms with Crippen molar-refractivity contribution in [3.63, 3.8) is 0 Å². The Labute approximate surface area is 111 Å². The Kier molecular flexibility index (Phi) is 6.08. The van der Waals surface area contributed by atoms with E-state index in [1.165, 1.54) is 6.42 Å². The van der Waals surface area contributed by atoms with Crippen LogP contribution in [0.2, 0.25) is 0 Å². The predicted molar refractivity (Wildman–Crippen MR) is 74.4 cm³/mol. The smallest absolute Gasteiger partial charge is 0.153 e. The first-order valence-electron chi connectivity index (χ1n) is 6.91. The summed E-state index contributed by atoms with van der Waals surface area (Å²) in [4.78, 5) is 2.04. The highest BCUT2D eigenvalue weighted by Crippen LogP contribution is 2.24. The summed E-state index contributed by atoms with van der Waals surface area (Å²) in [7, 11) is -1.01. The molecule has 0 spiro atoms. The van der Waals surface area contributed by atoms with Crippen molar-refractivity contribution in [1.29, 1.82) is 0 Å². The number of hydrogen-bond donors (Lipinski definition) is 1. The van der Waals surface area contributed by atoms with Crippen LogP contribution in [0, 0.1) is 5.92 Å². The lowest BCUT2D eigenvalue weighted by Crippen LogP contribution is -2.37. The molecule has 0 aliphatic heterocycles. The van der Waals surface area contributed by atoms with Gasteiger partial charge in [-0.25, -0.2) is 8.42 Å². The fraction of sp³-hybridized carbons (Fsp3) is 1.00. The van der Waals surface area contributed by atoms with Crippen LogP contribution in [-0.4, -0.2) is 55.7 Å². The Balaban J connectivity index is 2.35. The molecule has 0 aromatic rings. The van der Waals surface area contributed by atoms with Crippen LogP contribution in [0.3, 0.4) is 0 Å². The van der Waals surface area contributed by atoms with Gasteiger partial charge in [0.25, 0.3) is 0 Å². The minimum Gasteiger partial charge on any atom is -0.393 e. The zero-order chi connectivity index (χ0) is 13.8. The van der Waals surface area contributed by atoms with Crippen molar-refractivity contribution in [3.8, 4) is 0 Å². The van der Waals surface area contributed by atoms with Gasteiger partial charge in [0.15, 0.2) is 9.84 Å². The molecule has 5 heteroatoms. The second-order valence-electron chi connectivity index (χ2n) is 5.79. The summed E-state index contributed by atoms with van der Waals surface area (Å²) >= 11 is 0. The van der Waals surface area contributed by atoms with Crippen LogP contribution >= 0.6 is 0 Å². The summed E-state index contributed by atoms with van der Waals surface area (Å²) in [6.07, 6.45) is 4.04. The van der Waals surface area contributed by atoms with Crippen molar-refractivity contribution in [2.75, 3.05) is 25.9 Å². The summed E-state index contributed by atoms with van der Waals surface area (Å²) < 4.78 is 23.4. The second-order valence-corrected chi connectivity index (χ2v) is 8.47. The summed E-state index contributed by atoms with van der Waals surface area (Å²) in [5, 5.41) is 9.59. The topological polar surface area (TPSA) is 57.6 Å². The van der Waals surface area contributed by atoms with E-state index in [4.69, 9.17) is 0 Å². The molecule has 1 rings (SSSR count). The van der Waals surface area contributed by atoms with Crippen LogP contribution in [0.15, 0.2) is 0 Å². The van der Waals surface area contributed by atoms with E-state index in [2.05, 4.69) is 0 Å². The molecule has 4 nitrogen and oxygen atoms in total. The van der Waals surface area contributed by atoms with Crippen molar-refractivity contribution in [2.24, 2.45) is 5.92 Å². The molecule has 1 aliphatic carbocycles. The van der Waals surface area contributed by atoms with Crippen LogP contribution in [0.4, 0.5) is 0 Å². The molecule has 2 atom stereocenters. The average molecular weight is 277 g/mol. The van der Waals surface area contributed by atoms with Crippen molar-refractivity contribution in [2.45, 2.75) is 50.9 Å². The molecule has 108 valence electrons. The lowest BCUT2D eigenvalue weighted by Gasteiger charge is -2.31. The third-order valence-electron chi connectivity index (χ3n) is 3.89. The van der Waals surface area contributed by atoms with Gasteiger partial charge in [-0.3, -0.25) is 0 Å². The molecule has 0 saturated heterocycles. The first-order chi connectivity index (χ1) is 8.33. The number of sulfone groups is 1. The summed E-state index contributed by atoms with van der Waals surface area (Å²) in [5.74, 6) is 0.523. The van der Waals surface area contributed by atoms with Gasteiger partial charge in [0.05, 0.1) is 17.1 Å². The SMILES string of the molecule is CC(C)S(=O)(=O)CCN(C)CC1CCCCC1O. The molecule has 0 aromatic carbocycles. The minimum absolute atomic E-state index is 0.206. The molecule has 18 heavy (non-hydrogen) atoms. The number of rotatable bonds is 6. The molecule has 1 N–H and O–H groups in total. The van der Waals surface area contributed by atoms with E-state index in [9.17, 15) is 13.5 Å². The van der Waals surface area contributed by atoms with Gasteiger partial charge in [0, 0.05) is 13.1 Å². The van der Waals surface area contributed by atoms with Crippen molar-refractivity contribution < 1.29 is 13.5 Å². The molecule has 2 unspecified atom stereocenters. The maximum Gasteiger partial charge on any atom is 0.153 e. The largest absolute Gasteiger partial charge is 0.393 e. The third kappa shape index (κ3) is 4.86. The van der Waals surface area contributed by atoms with Gasteiger partial charge >= 0.3 is 0 Å². The van der Waals surface area contributed by atoms with E-state index >= 15 is 0 Å². The second kappa shape index (κ2) is 6.87. The molecular weight excluding hydrogens is 250 g/mol. The Morgan fingerprint density at radius 1 is 1.28 bits per heavy atom. The van der Waals surface area contributed by atoms with Gasteiger partial charge < -0.3 is 10.0 Å². The van der Waals surface area contributed by atoms with Gasteiger partial charge in [-0.1, -0.05) is 12.8 Å². The van der Waals surface area contributed by atoms with Crippen molar-refractivity contribution >= 4 is 9.84 Å². The van der Waals surface area contributed by atoms with E-state index in [-0.39, 0.29) is 17.1 Å². The Morgan fingerprint density at radius 2 is 1.89 bits per heavy atom. The zero-order valence-corrected chi connectivity index (χ0v) is 12.6. The van der Waals surface area contributed by atoms with Gasteiger partial charge in [0.1, 0.15) is 0 Å². The molecule has 0 amide bonds. The first-order valence-corrected chi connectivity index (χ1v) is 8.62. The quantitative estimate of drug-likeness (QED) is 0.795. The standard InChI is InChI=1S/C13H27NO3S/c1-11(2)18(16,17)9-8-14(3)10-12-6-4-5-7-13(12)15/h11-13,15H,4-10H2,1-3H3. The lowest BCUT2D eigenvalue weighted by molar-refractivity contribution is 0.0525. The normalized spacial score (nSPS) is 25.9. The fourth-order valence-corrected chi connectivity index (χ4v) is 3.45. The highest BCUT2D eigenvalue weighted by atomic mass is 32.2. The molecule has 1 saturated carbocycles. The Morgan fingerprint density at radius 3 is 2.44 bits per heavy atom. The van der Waals surface area contributed by atoms with E-state index in [1.807, 2.05) is 11.9 Å². The number of aliphatic hydroxyl groups excluding tert-OH is 1. The molecule has 0 radical (unpaired) electrons. The van der Waals surface area contributed by atoms with Crippen LogP contribution in [-0.2, 0) is 9.84 Å². The summed E-state index contributed by atoms with van der Waals surface area (Å²) in [6.45, 7) is 4.80. The maximum atomic E-state index is 11.7. The predicted octanol–water partition coefficient (Wildman–Crippen LogP) is 1.29. The van der Waals surface area contributed by atoms with Gasteiger partial charge in [-0.2, -0.15) is 0 Å². The first kappa shape index (κ1) is 15.9. The monoisotopic (exact) mass is 277 g/mol. The van der Waals surface area contributed by atoms with E-state index in [1.54, 1.807) is 13.8 Å². The summed E-state index contributed by atoms with van der Waals surface area (Å²) in [6, 6.07) is 0. The highest BCUT2D eigenvalue weighted by Gasteiger charge is 2.24. The third-order valence-corrected chi connectivity index (χ3v) is 6.08. The van der Waals surface area contributed by atoms with Crippen LogP contribution in [0.25, 0.3) is 0 Å². The highest BCUT2D eigenvalue weighted by molar-refractivity contribution is 7.92. The number of hydrogen-bond acceptors (Lipinski definition) is 4. The molecular formula is C13H27NO3S. The lowest BCUT2D eigenvalue weighted by atomic mass is 9.86. The maximum absolute atomic E-state index is 11.7. The Hall–Kier alpha value is -0.130. The molecule has 1 aliphatic rings. The van der Waals surface area contributed by atoms with Crippen molar-refractivity contribution in [1.82, 2.24) is 4.90 Å². The van der Waals surface area contributed by atoms with Crippen LogP contribution in [0.5, 0.6) is 0 Å². The molecule has 0 bridgehead atoms. The molecule has 0 heterocycles. The van der Waals surface area contributed by atoms with E-state index in [0.717, 1.165) is 25.8 Å². The van der Waals surface area contributed by atoms with Gasteiger partial charge in [-0.05, 0) is 39.7 Å². The van der Waals surface area contributed by atoms with Crippen LogP contribution in [0.1, 0.15) is 39.5 Å². The van der Waals surface area contributed by atoms with E-state index in [0.29, 0.717) is 12.5 Å². The minimum atomic E-state index is -2.95. The molecule has 1 fully saturated rings. The average Bonchev–Trinajstić information content (AvgIpc) is 2.29. The van der Waals surface area contributed by atoms with Gasteiger partial charge in [0.2, 0.25) is 0 Å². The molecule has 0 aromatic heterocycles. The Bertz CT molecular complexity index is 340. The fourth-order valence-electron chi connectivity index (χ4n) is 2.41. The summed E-state index contributed by atoms with van der Waals surface area (Å²) in [5.41, 5.74) is 0. The zero-order valence-electron chi connectivity index (χ0n) is 11.8.